The number of rotatable bonds is 18. The number of alkyl carbamates (subject to hydrolysis) is 2. The van der Waals surface area contributed by atoms with Gasteiger partial charge in [0.1, 0.15) is 0 Å². The van der Waals surface area contributed by atoms with Crippen LogP contribution in [-0.2, 0) is 28.5 Å². The number of nitrogens with one attached hydrogen (secondary N) is 2. The summed E-state index contributed by atoms with van der Waals surface area (Å²) >= 11 is 0. The van der Waals surface area contributed by atoms with Crippen LogP contribution in [0.2, 0.25) is 0 Å². The van der Waals surface area contributed by atoms with Crippen molar-refractivity contribution in [2.45, 2.75) is 97.8 Å². The van der Waals surface area contributed by atoms with Crippen molar-refractivity contribution >= 4 is 24.1 Å². The van der Waals surface area contributed by atoms with Gasteiger partial charge in [0.05, 0.1) is 26.4 Å². The number of hydrogen-bond donors (Lipinski definition) is 2. The van der Waals surface area contributed by atoms with Crippen molar-refractivity contribution in [1.82, 2.24) is 10.6 Å². The molecule has 0 aromatic carbocycles. The van der Waals surface area contributed by atoms with Crippen molar-refractivity contribution in [2.75, 3.05) is 39.5 Å². The Hall–Kier alpha value is -3.04. The molecule has 254 valence electrons. The number of carbonyl (C=O) groups excluding carboxylic acids is 4. The molecular formula is C35H56N2O8. The molecule has 3 rings (SSSR count). The molecule has 6 atom stereocenters. The molecule has 0 saturated heterocycles. The van der Waals surface area contributed by atoms with Crippen LogP contribution in [0.1, 0.15) is 97.8 Å². The minimum absolute atomic E-state index is 0.0175. The summed E-state index contributed by atoms with van der Waals surface area (Å²) in [6.45, 7) is 15.7. The first kappa shape index (κ1) is 36.4. The normalized spacial score (nSPS) is 28.2. The van der Waals surface area contributed by atoms with E-state index in [0.29, 0.717) is 68.8 Å². The number of carbonyl (C=O) groups is 4. The molecule has 0 aliphatic heterocycles. The standard InChI is InChI=1S/C35H56N2O8/c1-6-30(38)42-17-11-7-9-15-37-33(41)45-24-35(5)20-26-19-27(21-35)29-22-34(4,14-13-28(26)29)23-44-32(40)36-16-10-8-12-18-43-31(39)25(2)3/h6,26-29H,1-2,7-24H2,3-5H3,(H,36,40)(H,37,41). The van der Waals surface area contributed by atoms with Crippen LogP contribution in [-0.4, -0.2) is 63.6 Å². The summed E-state index contributed by atoms with van der Waals surface area (Å²) in [6, 6.07) is 0. The highest BCUT2D eigenvalue weighted by Gasteiger charge is 2.55. The Bertz CT molecular complexity index is 1050. The van der Waals surface area contributed by atoms with Crippen molar-refractivity contribution in [1.29, 1.82) is 0 Å². The second-order valence-corrected chi connectivity index (χ2v) is 14.3. The first-order chi connectivity index (χ1) is 21.4. The van der Waals surface area contributed by atoms with E-state index in [1.165, 1.54) is 6.42 Å². The number of unbranched alkanes of at least 4 members (excludes halogenated alkanes) is 4. The Kier molecular flexibility index (Phi) is 14.2. The largest absolute Gasteiger partial charge is 0.463 e. The summed E-state index contributed by atoms with van der Waals surface area (Å²) in [5.74, 6) is 1.83. The zero-order chi connectivity index (χ0) is 32.9. The molecule has 45 heavy (non-hydrogen) atoms. The molecule has 6 unspecified atom stereocenters. The van der Waals surface area contributed by atoms with Crippen LogP contribution >= 0.6 is 0 Å². The van der Waals surface area contributed by atoms with Crippen LogP contribution in [0.3, 0.4) is 0 Å². The molecule has 10 heteroatoms. The average Bonchev–Trinajstić information content (AvgIpc) is 3.26. The topological polar surface area (TPSA) is 129 Å². The van der Waals surface area contributed by atoms with Crippen LogP contribution in [0.4, 0.5) is 9.59 Å². The van der Waals surface area contributed by atoms with Gasteiger partial charge in [-0.3, -0.25) is 0 Å². The number of amides is 2. The fraction of sp³-hybridized carbons (Fsp3) is 0.771. The summed E-state index contributed by atoms with van der Waals surface area (Å²) < 4.78 is 21.4. The van der Waals surface area contributed by atoms with Gasteiger partial charge in [-0.2, -0.15) is 0 Å². The zero-order valence-electron chi connectivity index (χ0n) is 27.8. The summed E-state index contributed by atoms with van der Waals surface area (Å²) in [5, 5.41) is 5.71. The highest BCUT2D eigenvalue weighted by Crippen LogP contribution is 2.62. The predicted molar refractivity (Wildman–Crippen MR) is 171 cm³/mol. The van der Waals surface area contributed by atoms with Crippen LogP contribution < -0.4 is 10.6 Å². The van der Waals surface area contributed by atoms with Gasteiger partial charge in [-0.05, 0) is 108 Å². The van der Waals surface area contributed by atoms with Crippen LogP contribution in [0.5, 0.6) is 0 Å². The molecule has 0 radical (unpaired) electrons. The highest BCUT2D eigenvalue weighted by atomic mass is 16.6. The predicted octanol–water partition coefficient (Wildman–Crippen LogP) is 6.49. The smallest absolute Gasteiger partial charge is 0.407 e. The molecule has 3 fully saturated rings. The Balaban J connectivity index is 1.31. The van der Waals surface area contributed by atoms with Crippen LogP contribution in [0.15, 0.2) is 24.8 Å². The molecule has 0 spiro atoms. The summed E-state index contributed by atoms with van der Waals surface area (Å²) in [6.07, 6.45) is 11.9. The molecule has 3 aliphatic carbocycles. The van der Waals surface area contributed by atoms with Gasteiger partial charge in [-0.15, -0.1) is 0 Å². The van der Waals surface area contributed by atoms with E-state index in [4.69, 9.17) is 18.9 Å². The first-order valence-corrected chi connectivity index (χ1v) is 16.9. The lowest BCUT2D eigenvalue weighted by atomic mass is 9.65. The molecule has 0 aromatic heterocycles. The van der Waals surface area contributed by atoms with E-state index < -0.39 is 5.97 Å². The molecule has 2 bridgehead atoms. The summed E-state index contributed by atoms with van der Waals surface area (Å²) in [5.41, 5.74) is 0.356. The first-order valence-electron chi connectivity index (χ1n) is 16.9. The Labute approximate surface area is 269 Å². The maximum Gasteiger partial charge on any atom is 0.407 e. The van der Waals surface area contributed by atoms with Crippen molar-refractivity contribution < 1.29 is 38.1 Å². The van der Waals surface area contributed by atoms with Gasteiger partial charge < -0.3 is 29.6 Å². The fourth-order valence-electron chi connectivity index (χ4n) is 7.75. The monoisotopic (exact) mass is 632 g/mol. The Morgan fingerprint density at radius 3 is 1.89 bits per heavy atom. The van der Waals surface area contributed by atoms with Crippen molar-refractivity contribution in [3.63, 3.8) is 0 Å². The molecule has 3 saturated carbocycles. The lowest BCUT2D eigenvalue weighted by molar-refractivity contribution is -0.139. The second-order valence-electron chi connectivity index (χ2n) is 14.3. The van der Waals surface area contributed by atoms with Crippen molar-refractivity contribution in [3.05, 3.63) is 24.8 Å². The van der Waals surface area contributed by atoms with E-state index in [-0.39, 0.29) is 29.0 Å². The van der Waals surface area contributed by atoms with E-state index in [9.17, 15) is 19.2 Å². The average molecular weight is 633 g/mol. The second kappa shape index (κ2) is 17.6. The van der Waals surface area contributed by atoms with E-state index in [1.54, 1.807) is 6.92 Å². The van der Waals surface area contributed by atoms with Gasteiger partial charge in [0.25, 0.3) is 0 Å². The maximum atomic E-state index is 12.4. The Morgan fingerprint density at radius 2 is 1.31 bits per heavy atom. The molecule has 0 aromatic rings. The third kappa shape index (κ3) is 12.0. The summed E-state index contributed by atoms with van der Waals surface area (Å²) in [7, 11) is 0. The number of ether oxygens (including phenoxy) is 4. The third-order valence-corrected chi connectivity index (χ3v) is 9.96. The van der Waals surface area contributed by atoms with Crippen LogP contribution in [0, 0.1) is 34.5 Å². The third-order valence-electron chi connectivity index (χ3n) is 9.96. The van der Waals surface area contributed by atoms with Gasteiger partial charge in [0, 0.05) is 35.6 Å². The minimum Gasteiger partial charge on any atom is -0.463 e. The van der Waals surface area contributed by atoms with Gasteiger partial charge in [0.2, 0.25) is 0 Å². The molecule has 2 amide bonds. The lowest BCUT2D eigenvalue weighted by Gasteiger charge is -2.41. The van der Waals surface area contributed by atoms with Gasteiger partial charge in [-0.1, -0.05) is 27.0 Å². The number of hydrogen-bond acceptors (Lipinski definition) is 8. The van der Waals surface area contributed by atoms with E-state index in [0.717, 1.165) is 76.7 Å². The van der Waals surface area contributed by atoms with Crippen molar-refractivity contribution in [2.24, 2.45) is 34.5 Å². The van der Waals surface area contributed by atoms with Gasteiger partial charge in [0.15, 0.2) is 0 Å². The van der Waals surface area contributed by atoms with E-state index >= 15 is 0 Å². The van der Waals surface area contributed by atoms with Gasteiger partial charge >= 0.3 is 24.1 Å². The molecule has 0 heterocycles. The molecule has 3 aliphatic rings. The zero-order valence-corrected chi connectivity index (χ0v) is 27.8. The quantitative estimate of drug-likeness (QED) is 0.0760. The molecular weight excluding hydrogens is 576 g/mol. The van der Waals surface area contributed by atoms with Gasteiger partial charge in [-0.25, -0.2) is 19.2 Å². The summed E-state index contributed by atoms with van der Waals surface area (Å²) in [4.78, 5) is 47.2. The van der Waals surface area contributed by atoms with Crippen LogP contribution in [0.25, 0.3) is 0 Å². The Morgan fingerprint density at radius 1 is 0.756 bits per heavy atom. The van der Waals surface area contributed by atoms with Crippen molar-refractivity contribution in [3.8, 4) is 0 Å². The SMILES string of the molecule is C=CC(=O)OCCCCCNC(=O)OCC1(C)CC2CC(C1)C1CC(C)(COC(=O)NCCCCCOC(=O)C(=C)C)CCC21. The van der Waals surface area contributed by atoms with E-state index in [1.807, 2.05) is 0 Å². The number of fused-ring (bicyclic) bond motifs is 5. The fourth-order valence-corrected chi connectivity index (χ4v) is 7.75. The molecule has 10 nitrogen and oxygen atoms in total. The molecule has 2 N–H and O–H groups in total. The highest BCUT2D eigenvalue weighted by molar-refractivity contribution is 5.86. The van der Waals surface area contributed by atoms with E-state index in [2.05, 4.69) is 37.6 Å². The maximum absolute atomic E-state index is 12.4. The minimum atomic E-state index is -0.412. The lowest BCUT2D eigenvalue weighted by Crippen LogP contribution is -2.38. The number of esters is 2.